The van der Waals surface area contributed by atoms with Crippen LogP contribution in [-0.2, 0) is 0 Å². The second-order valence-corrected chi connectivity index (χ2v) is 5.06. The number of thiazole rings is 1. The van der Waals surface area contributed by atoms with Gasteiger partial charge in [0, 0.05) is 23.3 Å². The van der Waals surface area contributed by atoms with Gasteiger partial charge in [0.1, 0.15) is 5.65 Å². The van der Waals surface area contributed by atoms with E-state index in [1.54, 1.807) is 11.3 Å². The van der Waals surface area contributed by atoms with Crippen molar-refractivity contribution in [3.63, 3.8) is 0 Å². The Morgan fingerprint density at radius 1 is 1.00 bits per heavy atom. The molecule has 0 bridgehead atoms. The summed E-state index contributed by atoms with van der Waals surface area (Å²) in [6.45, 7) is 0. The largest absolute Gasteiger partial charge is 0.346 e. The number of hydrogen-bond donors (Lipinski definition) is 1. The number of aromatic amines is 1. The molecule has 18 heavy (non-hydrogen) atoms. The maximum Gasteiger partial charge on any atom is 0.137 e. The van der Waals surface area contributed by atoms with Crippen LogP contribution in [0.3, 0.4) is 0 Å². The van der Waals surface area contributed by atoms with Gasteiger partial charge in [-0.1, -0.05) is 6.07 Å². The molecule has 3 heterocycles. The van der Waals surface area contributed by atoms with Gasteiger partial charge in [0.15, 0.2) is 0 Å². The van der Waals surface area contributed by atoms with Crippen LogP contribution in [0.1, 0.15) is 0 Å². The van der Waals surface area contributed by atoms with Crippen LogP contribution in [0, 0.1) is 0 Å². The molecule has 0 saturated carbocycles. The Bertz CT molecular complexity index is 772. The topological polar surface area (TPSA) is 41.6 Å². The summed E-state index contributed by atoms with van der Waals surface area (Å²) in [4.78, 5) is 11.9. The molecule has 0 fully saturated rings. The number of rotatable bonds is 1. The number of nitrogens with zero attached hydrogens (tertiary/aromatic N) is 2. The van der Waals surface area contributed by atoms with Gasteiger partial charge >= 0.3 is 0 Å². The lowest BCUT2D eigenvalue weighted by atomic mass is 10.1. The summed E-state index contributed by atoms with van der Waals surface area (Å²) in [7, 11) is 0. The number of H-pyrrole nitrogens is 1. The summed E-state index contributed by atoms with van der Waals surface area (Å²) in [6, 6.07) is 10.5. The van der Waals surface area contributed by atoms with E-state index in [0.29, 0.717) is 0 Å². The smallest absolute Gasteiger partial charge is 0.137 e. The number of pyridine rings is 1. The molecule has 0 atom stereocenters. The summed E-state index contributed by atoms with van der Waals surface area (Å²) < 4.78 is 1.22. The Kier molecular flexibility index (Phi) is 1.98. The van der Waals surface area contributed by atoms with Crippen LogP contribution in [0.25, 0.3) is 32.4 Å². The van der Waals surface area contributed by atoms with Crippen LogP contribution in [0.4, 0.5) is 0 Å². The number of aromatic nitrogens is 3. The fourth-order valence-corrected chi connectivity index (χ4v) is 2.79. The molecule has 0 saturated heterocycles. The summed E-state index contributed by atoms with van der Waals surface area (Å²) in [5.41, 5.74) is 6.13. The van der Waals surface area contributed by atoms with E-state index in [-0.39, 0.29) is 0 Å². The maximum atomic E-state index is 4.41. The first-order valence-electron chi connectivity index (χ1n) is 5.67. The zero-order valence-electron chi connectivity index (χ0n) is 9.42. The number of hydrogen-bond acceptors (Lipinski definition) is 3. The molecule has 0 aliphatic carbocycles. The van der Waals surface area contributed by atoms with Crippen LogP contribution < -0.4 is 0 Å². The predicted molar refractivity (Wildman–Crippen MR) is 74.7 cm³/mol. The van der Waals surface area contributed by atoms with E-state index >= 15 is 0 Å². The molecule has 0 aliphatic rings. The highest BCUT2D eigenvalue weighted by molar-refractivity contribution is 7.16. The van der Waals surface area contributed by atoms with E-state index in [1.807, 2.05) is 24.0 Å². The molecule has 4 heteroatoms. The fourth-order valence-electron chi connectivity index (χ4n) is 2.14. The average Bonchev–Trinajstić information content (AvgIpc) is 3.05. The van der Waals surface area contributed by atoms with Crippen molar-refractivity contribution in [1.82, 2.24) is 15.0 Å². The maximum absolute atomic E-state index is 4.41. The minimum absolute atomic E-state index is 0.925. The molecule has 0 amide bonds. The van der Waals surface area contributed by atoms with Crippen molar-refractivity contribution in [1.29, 1.82) is 0 Å². The van der Waals surface area contributed by atoms with Crippen LogP contribution >= 0.6 is 11.3 Å². The van der Waals surface area contributed by atoms with Gasteiger partial charge in [-0.05, 0) is 29.8 Å². The first kappa shape index (κ1) is 9.79. The normalized spacial score (nSPS) is 11.3. The zero-order valence-corrected chi connectivity index (χ0v) is 10.2. The van der Waals surface area contributed by atoms with E-state index < -0.39 is 0 Å². The lowest BCUT2D eigenvalue weighted by molar-refractivity contribution is 1.33. The van der Waals surface area contributed by atoms with E-state index in [9.17, 15) is 0 Å². The highest BCUT2D eigenvalue weighted by Crippen LogP contribution is 2.26. The van der Waals surface area contributed by atoms with Gasteiger partial charge in [-0.25, -0.2) is 9.97 Å². The summed E-state index contributed by atoms with van der Waals surface area (Å²) in [5, 5.41) is 1.13. The summed E-state index contributed by atoms with van der Waals surface area (Å²) >= 11 is 1.66. The first-order chi connectivity index (χ1) is 8.90. The molecule has 0 radical (unpaired) electrons. The molecular formula is C14H9N3S. The summed E-state index contributed by atoms with van der Waals surface area (Å²) in [5.74, 6) is 0. The minimum Gasteiger partial charge on any atom is -0.346 e. The van der Waals surface area contributed by atoms with Gasteiger partial charge in [0.25, 0.3) is 0 Å². The molecular weight excluding hydrogens is 242 g/mol. The molecule has 1 aromatic carbocycles. The molecule has 86 valence electrons. The van der Waals surface area contributed by atoms with E-state index in [1.165, 1.54) is 4.70 Å². The van der Waals surface area contributed by atoms with Gasteiger partial charge in [-0.15, -0.1) is 11.3 Å². The van der Waals surface area contributed by atoms with Crippen molar-refractivity contribution in [3.05, 3.63) is 48.2 Å². The second-order valence-electron chi connectivity index (χ2n) is 4.17. The number of benzene rings is 1. The molecule has 3 nitrogen and oxygen atoms in total. The second kappa shape index (κ2) is 3.65. The van der Waals surface area contributed by atoms with Crippen molar-refractivity contribution >= 4 is 32.6 Å². The van der Waals surface area contributed by atoms with Crippen LogP contribution in [0.15, 0.2) is 48.2 Å². The van der Waals surface area contributed by atoms with Crippen molar-refractivity contribution in [2.45, 2.75) is 0 Å². The highest BCUT2D eigenvalue weighted by Gasteiger charge is 2.04. The Hall–Kier alpha value is -2.20. The van der Waals surface area contributed by atoms with Gasteiger partial charge < -0.3 is 4.98 Å². The van der Waals surface area contributed by atoms with Gasteiger partial charge in [0.2, 0.25) is 0 Å². The third kappa shape index (κ3) is 1.43. The monoisotopic (exact) mass is 251 g/mol. The molecule has 3 aromatic heterocycles. The molecule has 0 unspecified atom stereocenters. The number of nitrogens with one attached hydrogen (secondary N) is 1. The third-order valence-electron chi connectivity index (χ3n) is 3.06. The first-order valence-corrected chi connectivity index (χ1v) is 6.55. The summed E-state index contributed by atoms with van der Waals surface area (Å²) in [6.07, 6.45) is 3.80. The lowest BCUT2D eigenvalue weighted by Crippen LogP contribution is -1.81. The average molecular weight is 251 g/mol. The van der Waals surface area contributed by atoms with Gasteiger partial charge in [-0.2, -0.15) is 0 Å². The van der Waals surface area contributed by atoms with Crippen molar-refractivity contribution in [2.75, 3.05) is 0 Å². The standard InChI is InChI=1S/C14H9N3S/c1-2-13-12(17-8-18-13)6-9(1)11-5-10-3-4-15-14(10)16-7-11/h1-8H,(H,15,16). The van der Waals surface area contributed by atoms with Crippen LogP contribution in [0.2, 0.25) is 0 Å². The third-order valence-corrected chi connectivity index (χ3v) is 3.87. The quantitative estimate of drug-likeness (QED) is 0.558. The Labute approximate surface area is 107 Å². The van der Waals surface area contributed by atoms with E-state index in [0.717, 1.165) is 27.7 Å². The minimum atomic E-state index is 0.925. The number of fused-ring (bicyclic) bond motifs is 2. The SMILES string of the molecule is c1cc2cc(-c3ccc4scnc4c3)cnc2[nH]1. The lowest BCUT2D eigenvalue weighted by Gasteiger charge is -2.01. The Morgan fingerprint density at radius 3 is 3.00 bits per heavy atom. The van der Waals surface area contributed by atoms with Gasteiger partial charge in [0.05, 0.1) is 15.7 Å². The highest BCUT2D eigenvalue weighted by atomic mass is 32.1. The molecule has 4 rings (SSSR count). The molecule has 0 aliphatic heterocycles. The van der Waals surface area contributed by atoms with Crippen LogP contribution in [-0.4, -0.2) is 15.0 Å². The predicted octanol–water partition coefficient (Wildman–Crippen LogP) is 3.84. The Morgan fingerprint density at radius 2 is 2.00 bits per heavy atom. The fraction of sp³-hybridized carbons (Fsp3) is 0. The van der Waals surface area contributed by atoms with E-state index in [4.69, 9.17) is 0 Å². The van der Waals surface area contributed by atoms with E-state index in [2.05, 4.69) is 39.2 Å². The van der Waals surface area contributed by atoms with Gasteiger partial charge in [-0.3, -0.25) is 0 Å². The van der Waals surface area contributed by atoms with Crippen LogP contribution in [0.5, 0.6) is 0 Å². The Balaban J connectivity index is 1.93. The molecule has 0 spiro atoms. The molecule has 1 N–H and O–H groups in total. The zero-order chi connectivity index (χ0) is 11.9. The van der Waals surface area contributed by atoms with Crippen molar-refractivity contribution < 1.29 is 0 Å². The van der Waals surface area contributed by atoms with Crippen molar-refractivity contribution in [3.8, 4) is 11.1 Å². The van der Waals surface area contributed by atoms with Crippen molar-refractivity contribution in [2.24, 2.45) is 0 Å². The molecule has 4 aromatic rings.